The maximum atomic E-state index is 9.06. The van der Waals surface area contributed by atoms with Gasteiger partial charge in [0.2, 0.25) is 0 Å². The van der Waals surface area contributed by atoms with Crippen molar-refractivity contribution in [1.82, 2.24) is 5.32 Å². The Morgan fingerprint density at radius 2 is 2.13 bits per heavy atom. The molecule has 1 saturated carbocycles. The highest BCUT2D eigenvalue weighted by Crippen LogP contribution is 2.24. The van der Waals surface area contributed by atoms with Gasteiger partial charge in [0.25, 0.3) is 0 Å². The van der Waals surface area contributed by atoms with Gasteiger partial charge in [0.1, 0.15) is 0 Å². The van der Waals surface area contributed by atoms with Gasteiger partial charge in [0.15, 0.2) is 0 Å². The summed E-state index contributed by atoms with van der Waals surface area (Å²) in [5, 5.41) is 12.7. The second kappa shape index (κ2) is 6.85. The molecule has 0 aromatic heterocycles. The number of hydrogen-bond acceptors (Lipinski definition) is 2. The first-order valence-electron chi connectivity index (χ1n) is 6.43. The first-order chi connectivity index (χ1) is 7.27. The predicted molar refractivity (Wildman–Crippen MR) is 63.5 cm³/mol. The van der Waals surface area contributed by atoms with E-state index in [1.54, 1.807) is 0 Å². The number of unbranched alkanes of at least 4 members (excludes halogenated alkanes) is 1. The highest BCUT2D eigenvalue weighted by molar-refractivity contribution is 4.95. The molecule has 0 amide bonds. The van der Waals surface area contributed by atoms with Crippen molar-refractivity contribution in [2.45, 2.75) is 70.9 Å². The molecular formula is C13H24N2. The number of hydrogen-bond donors (Lipinski definition) is 1. The van der Waals surface area contributed by atoms with Gasteiger partial charge in [-0.1, -0.05) is 32.6 Å². The fourth-order valence-corrected chi connectivity index (χ4v) is 2.44. The van der Waals surface area contributed by atoms with E-state index >= 15 is 0 Å². The molecule has 0 heterocycles. The van der Waals surface area contributed by atoms with Crippen LogP contribution >= 0.6 is 0 Å². The molecule has 2 heteroatoms. The highest BCUT2D eigenvalue weighted by Gasteiger charge is 2.25. The Kier molecular flexibility index (Phi) is 5.71. The van der Waals surface area contributed by atoms with Gasteiger partial charge in [0, 0.05) is 12.1 Å². The summed E-state index contributed by atoms with van der Waals surface area (Å²) >= 11 is 0. The summed E-state index contributed by atoms with van der Waals surface area (Å²) in [6, 6.07) is 3.48. The third-order valence-electron chi connectivity index (χ3n) is 3.42. The van der Waals surface area contributed by atoms with Crippen LogP contribution < -0.4 is 5.32 Å². The van der Waals surface area contributed by atoms with Crippen molar-refractivity contribution >= 4 is 0 Å². The van der Waals surface area contributed by atoms with Gasteiger partial charge < -0.3 is 5.32 Å². The SMILES string of the molecule is CCCCC(C)NC1CCCCC1C#N. The Bertz CT molecular complexity index is 207. The molecule has 15 heavy (non-hydrogen) atoms. The summed E-state index contributed by atoms with van der Waals surface area (Å²) < 4.78 is 0. The average Bonchev–Trinajstić information content (AvgIpc) is 2.27. The number of nitrogens with one attached hydrogen (secondary N) is 1. The van der Waals surface area contributed by atoms with E-state index in [0.717, 1.165) is 6.42 Å². The third kappa shape index (κ3) is 4.22. The zero-order valence-corrected chi connectivity index (χ0v) is 10.1. The van der Waals surface area contributed by atoms with E-state index < -0.39 is 0 Å². The highest BCUT2D eigenvalue weighted by atomic mass is 15.0. The third-order valence-corrected chi connectivity index (χ3v) is 3.42. The van der Waals surface area contributed by atoms with E-state index in [4.69, 9.17) is 5.26 Å². The van der Waals surface area contributed by atoms with Gasteiger partial charge in [0.05, 0.1) is 12.0 Å². The lowest BCUT2D eigenvalue weighted by Crippen LogP contribution is -2.42. The van der Waals surface area contributed by atoms with Crippen LogP contribution in [0.4, 0.5) is 0 Å². The minimum atomic E-state index is 0.253. The normalized spacial score (nSPS) is 28.3. The maximum absolute atomic E-state index is 9.06. The molecule has 0 spiro atoms. The topological polar surface area (TPSA) is 35.8 Å². The van der Waals surface area contributed by atoms with Gasteiger partial charge in [-0.05, 0) is 26.2 Å². The number of rotatable bonds is 5. The molecule has 0 aromatic rings. The van der Waals surface area contributed by atoms with E-state index in [2.05, 4.69) is 25.2 Å². The molecule has 3 unspecified atom stereocenters. The molecule has 2 nitrogen and oxygen atoms in total. The lowest BCUT2D eigenvalue weighted by Gasteiger charge is -2.30. The monoisotopic (exact) mass is 208 g/mol. The van der Waals surface area contributed by atoms with Crippen LogP contribution in [0.3, 0.4) is 0 Å². The Morgan fingerprint density at radius 1 is 1.40 bits per heavy atom. The van der Waals surface area contributed by atoms with Crippen molar-refractivity contribution in [3.63, 3.8) is 0 Å². The zero-order valence-electron chi connectivity index (χ0n) is 10.1. The lowest BCUT2D eigenvalue weighted by molar-refractivity contribution is 0.284. The Morgan fingerprint density at radius 3 is 2.80 bits per heavy atom. The van der Waals surface area contributed by atoms with Crippen LogP contribution in [0, 0.1) is 17.2 Å². The van der Waals surface area contributed by atoms with Crippen LogP contribution in [-0.4, -0.2) is 12.1 Å². The first-order valence-corrected chi connectivity index (χ1v) is 6.43. The minimum Gasteiger partial charge on any atom is -0.310 e. The fourth-order valence-electron chi connectivity index (χ4n) is 2.44. The smallest absolute Gasteiger partial charge is 0.0672 e. The Hall–Kier alpha value is -0.550. The largest absolute Gasteiger partial charge is 0.310 e. The van der Waals surface area contributed by atoms with Crippen molar-refractivity contribution < 1.29 is 0 Å². The molecule has 3 atom stereocenters. The van der Waals surface area contributed by atoms with Crippen LogP contribution in [0.1, 0.15) is 58.8 Å². The number of nitrogens with zero attached hydrogens (tertiary/aromatic N) is 1. The van der Waals surface area contributed by atoms with E-state index in [1.807, 2.05) is 0 Å². The van der Waals surface area contributed by atoms with Gasteiger partial charge in [-0.2, -0.15) is 5.26 Å². The molecule has 0 bridgehead atoms. The summed E-state index contributed by atoms with van der Waals surface area (Å²) in [6.07, 6.45) is 8.60. The second-order valence-electron chi connectivity index (χ2n) is 4.84. The molecule has 0 aromatic carbocycles. The van der Waals surface area contributed by atoms with E-state index in [9.17, 15) is 0 Å². The summed E-state index contributed by atoms with van der Waals surface area (Å²) in [5.41, 5.74) is 0. The van der Waals surface area contributed by atoms with Gasteiger partial charge in [-0.25, -0.2) is 0 Å². The van der Waals surface area contributed by atoms with Crippen molar-refractivity contribution in [2.75, 3.05) is 0 Å². The Labute approximate surface area is 94.1 Å². The van der Waals surface area contributed by atoms with Crippen molar-refractivity contribution in [3.05, 3.63) is 0 Å². The standard InChI is InChI=1S/C13H24N2/c1-3-4-7-11(2)15-13-9-6-5-8-12(13)10-14/h11-13,15H,3-9H2,1-2H3. The summed E-state index contributed by atoms with van der Waals surface area (Å²) in [6.45, 7) is 4.48. The van der Waals surface area contributed by atoms with Gasteiger partial charge in [-0.3, -0.25) is 0 Å². The molecule has 1 aliphatic carbocycles. The molecular weight excluding hydrogens is 184 g/mol. The van der Waals surface area contributed by atoms with Crippen LogP contribution in [-0.2, 0) is 0 Å². The average molecular weight is 208 g/mol. The molecule has 1 N–H and O–H groups in total. The number of nitriles is 1. The van der Waals surface area contributed by atoms with Crippen LogP contribution in [0.5, 0.6) is 0 Å². The van der Waals surface area contributed by atoms with E-state index in [0.29, 0.717) is 12.1 Å². The molecule has 0 radical (unpaired) electrons. The molecule has 1 rings (SSSR count). The van der Waals surface area contributed by atoms with Crippen molar-refractivity contribution in [1.29, 1.82) is 5.26 Å². The summed E-state index contributed by atoms with van der Waals surface area (Å²) in [5.74, 6) is 0.253. The van der Waals surface area contributed by atoms with Crippen molar-refractivity contribution in [2.24, 2.45) is 5.92 Å². The zero-order chi connectivity index (χ0) is 11.1. The molecule has 1 aliphatic rings. The van der Waals surface area contributed by atoms with Gasteiger partial charge in [-0.15, -0.1) is 0 Å². The first kappa shape index (κ1) is 12.5. The van der Waals surface area contributed by atoms with Crippen LogP contribution in [0.25, 0.3) is 0 Å². The summed E-state index contributed by atoms with van der Waals surface area (Å²) in [7, 11) is 0. The fraction of sp³-hybridized carbons (Fsp3) is 0.923. The van der Waals surface area contributed by atoms with Gasteiger partial charge >= 0.3 is 0 Å². The molecule has 0 aliphatic heterocycles. The van der Waals surface area contributed by atoms with Crippen LogP contribution in [0.2, 0.25) is 0 Å². The van der Waals surface area contributed by atoms with E-state index in [1.165, 1.54) is 38.5 Å². The minimum absolute atomic E-state index is 0.253. The molecule has 0 saturated heterocycles. The Balaban J connectivity index is 2.31. The van der Waals surface area contributed by atoms with E-state index in [-0.39, 0.29) is 5.92 Å². The molecule has 86 valence electrons. The second-order valence-corrected chi connectivity index (χ2v) is 4.84. The molecule has 1 fully saturated rings. The van der Waals surface area contributed by atoms with Crippen LogP contribution in [0.15, 0.2) is 0 Å². The van der Waals surface area contributed by atoms with Crippen molar-refractivity contribution in [3.8, 4) is 6.07 Å². The quantitative estimate of drug-likeness (QED) is 0.753. The summed E-state index contributed by atoms with van der Waals surface area (Å²) in [4.78, 5) is 0. The predicted octanol–water partition coefficient (Wildman–Crippen LogP) is 3.24. The maximum Gasteiger partial charge on any atom is 0.0672 e. The lowest BCUT2D eigenvalue weighted by atomic mass is 9.85.